The number of aromatic amines is 1. The van der Waals surface area contributed by atoms with Crippen LogP contribution in [0.1, 0.15) is 22.9 Å². The molecule has 4 rings (SSSR count). The van der Waals surface area contributed by atoms with Gasteiger partial charge in [-0.05, 0) is 23.8 Å². The molecule has 0 bridgehead atoms. The Morgan fingerprint density at radius 2 is 1.77 bits per heavy atom. The lowest BCUT2D eigenvalue weighted by Crippen LogP contribution is -2.07. The highest BCUT2D eigenvalue weighted by molar-refractivity contribution is 5.83. The highest BCUT2D eigenvalue weighted by Gasteiger charge is 2.21. The van der Waals surface area contributed by atoms with Gasteiger partial charge in [-0.1, -0.05) is 30.3 Å². The van der Waals surface area contributed by atoms with Gasteiger partial charge < -0.3 is 4.98 Å². The third-order valence-electron chi connectivity index (χ3n) is 3.79. The van der Waals surface area contributed by atoms with Crippen LogP contribution in [0.25, 0.3) is 10.9 Å². The minimum Gasteiger partial charge on any atom is -0.348 e. The summed E-state index contributed by atoms with van der Waals surface area (Å²) in [7, 11) is 0. The molecule has 4 heteroatoms. The minimum atomic E-state index is -0.0118. The number of rotatable bonds is 3. The van der Waals surface area contributed by atoms with Crippen LogP contribution in [-0.4, -0.2) is 19.9 Å². The third-order valence-corrected chi connectivity index (χ3v) is 3.79. The van der Waals surface area contributed by atoms with E-state index in [1.807, 2.05) is 42.9 Å². The number of imidazole rings is 1. The lowest BCUT2D eigenvalue weighted by molar-refractivity contribution is 0.890. The standard InChI is InChI=1S/C18H14N4/c1-2-9-20-15(8-1)17(16-11-19-12-22-16)14-7-3-5-13-6-4-10-21-18(13)14/h1-12,17H,(H,19,22). The average Bonchev–Trinajstić information content (AvgIpc) is 3.11. The van der Waals surface area contributed by atoms with Gasteiger partial charge in [-0.2, -0.15) is 0 Å². The molecule has 3 heterocycles. The number of para-hydroxylation sites is 1. The smallest absolute Gasteiger partial charge is 0.0922 e. The first-order valence-electron chi connectivity index (χ1n) is 7.16. The maximum Gasteiger partial charge on any atom is 0.0922 e. The fourth-order valence-electron chi connectivity index (χ4n) is 2.82. The van der Waals surface area contributed by atoms with Crippen LogP contribution in [-0.2, 0) is 0 Å². The van der Waals surface area contributed by atoms with Gasteiger partial charge in [-0.25, -0.2) is 4.98 Å². The van der Waals surface area contributed by atoms with E-state index >= 15 is 0 Å². The summed E-state index contributed by atoms with van der Waals surface area (Å²) >= 11 is 0. The van der Waals surface area contributed by atoms with E-state index in [1.165, 1.54) is 0 Å². The molecule has 0 aliphatic heterocycles. The van der Waals surface area contributed by atoms with Gasteiger partial charge in [0.1, 0.15) is 0 Å². The van der Waals surface area contributed by atoms with Crippen molar-refractivity contribution in [2.24, 2.45) is 0 Å². The van der Waals surface area contributed by atoms with Crippen LogP contribution in [0.3, 0.4) is 0 Å². The molecule has 4 aromatic rings. The molecule has 0 fully saturated rings. The minimum absolute atomic E-state index is 0.0118. The molecule has 1 atom stereocenters. The maximum absolute atomic E-state index is 4.58. The first-order valence-corrected chi connectivity index (χ1v) is 7.16. The van der Waals surface area contributed by atoms with Crippen LogP contribution < -0.4 is 0 Å². The molecule has 22 heavy (non-hydrogen) atoms. The molecule has 1 unspecified atom stereocenters. The van der Waals surface area contributed by atoms with Crippen molar-refractivity contribution < 1.29 is 0 Å². The normalized spacial score (nSPS) is 12.4. The summed E-state index contributed by atoms with van der Waals surface area (Å²) < 4.78 is 0. The fourth-order valence-corrected chi connectivity index (χ4v) is 2.82. The topological polar surface area (TPSA) is 54.5 Å². The molecule has 1 aromatic carbocycles. The molecule has 0 amide bonds. The summed E-state index contributed by atoms with van der Waals surface area (Å²) in [6.07, 6.45) is 7.19. The van der Waals surface area contributed by atoms with Crippen molar-refractivity contribution in [1.29, 1.82) is 0 Å². The highest BCUT2D eigenvalue weighted by Crippen LogP contribution is 2.32. The maximum atomic E-state index is 4.58. The molecule has 1 N–H and O–H groups in total. The number of nitrogens with zero attached hydrogens (tertiary/aromatic N) is 3. The summed E-state index contributed by atoms with van der Waals surface area (Å²) in [4.78, 5) is 16.5. The van der Waals surface area contributed by atoms with Crippen molar-refractivity contribution in [3.05, 3.63) is 90.4 Å². The zero-order valence-corrected chi connectivity index (χ0v) is 11.8. The number of nitrogens with one attached hydrogen (secondary N) is 1. The average molecular weight is 286 g/mol. The van der Waals surface area contributed by atoms with Crippen LogP contribution in [0.5, 0.6) is 0 Å². The van der Waals surface area contributed by atoms with Gasteiger partial charge in [0.15, 0.2) is 0 Å². The Labute approximate surface area is 127 Å². The van der Waals surface area contributed by atoms with Gasteiger partial charge in [0.05, 0.1) is 23.5 Å². The summed E-state index contributed by atoms with van der Waals surface area (Å²) in [5.41, 5.74) is 4.11. The monoisotopic (exact) mass is 286 g/mol. The molecule has 3 aromatic heterocycles. The zero-order valence-electron chi connectivity index (χ0n) is 11.8. The number of hydrogen-bond donors (Lipinski definition) is 1. The van der Waals surface area contributed by atoms with Crippen molar-refractivity contribution >= 4 is 10.9 Å². The number of fused-ring (bicyclic) bond motifs is 1. The Hall–Kier alpha value is -3.01. The van der Waals surface area contributed by atoms with E-state index in [-0.39, 0.29) is 5.92 Å². The Morgan fingerprint density at radius 1 is 0.864 bits per heavy atom. The number of aromatic nitrogens is 4. The SMILES string of the molecule is c1ccc(C(c2cnc[nH]2)c2cccc3cccnc23)nc1. The molecule has 106 valence electrons. The number of pyridine rings is 2. The first kappa shape index (κ1) is 12.7. The van der Waals surface area contributed by atoms with Crippen molar-refractivity contribution in [2.75, 3.05) is 0 Å². The molecule has 0 saturated heterocycles. The lowest BCUT2D eigenvalue weighted by Gasteiger charge is -2.17. The van der Waals surface area contributed by atoms with E-state index in [0.717, 1.165) is 27.9 Å². The Bertz CT molecular complexity index is 880. The molecular formula is C18H14N4. The van der Waals surface area contributed by atoms with E-state index < -0.39 is 0 Å². The van der Waals surface area contributed by atoms with E-state index in [2.05, 4.69) is 44.2 Å². The second-order valence-electron chi connectivity index (χ2n) is 5.12. The van der Waals surface area contributed by atoms with Gasteiger partial charge in [0.2, 0.25) is 0 Å². The first-order chi connectivity index (χ1) is 10.9. The Balaban J connectivity index is 1.98. The summed E-state index contributed by atoms with van der Waals surface area (Å²) in [6.45, 7) is 0. The van der Waals surface area contributed by atoms with Crippen molar-refractivity contribution in [3.8, 4) is 0 Å². The predicted molar refractivity (Wildman–Crippen MR) is 85.5 cm³/mol. The molecular weight excluding hydrogens is 272 g/mol. The Kier molecular flexibility index (Phi) is 3.12. The second kappa shape index (κ2) is 5.41. The van der Waals surface area contributed by atoms with Crippen LogP contribution in [0.15, 0.2) is 73.4 Å². The van der Waals surface area contributed by atoms with Gasteiger partial charge in [-0.15, -0.1) is 0 Å². The fraction of sp³-hybridized carbons (Fsp3) is 0.0556. The molecule has 0 aliphatic carbocycles. The van der Waals surface area contributed by atoms with Crippen molar-refractivity contribution in [1.82, 2.24) is 19.9 Å². The molecule has 0 radical (unpaired) electrons. The number of hydrogen-bond acceptors (Lipinski definition) is 3. The highest BCUT2D eigenvalue weighted by atomic mass is 14.9. The molecule has 4 nitrogen and oxygen atoms in total. The number of H-pyrrole nitrogens is 1. The van der Waals surface area contributed by atoms with Gasteiger partial charge in [0, 0.05) is 29.7 Å². The van der Waals surface area contributed by atoms with E-state index in [0.29, 0.717) is 0 Å². The Morgan fingerprint density at radius 3 is 2.59 bits per heavy atom. The lowest BCUT2D eigenvalue weighted by atomic mass is 9.90. The van der Waals surface area contributed by atoms with E-state index in [9.17, 15) is 0 Å². The van der Waals surface area contributed by atoms with Crippen LogP contribution >= 0.6 is 0 Å². The van der Waals surface area contributed by atoms with E-state index in [4.69, 9.17) is 0 Å². The zero-order chi connectivity index (χ0) is 14.8. The number of benzene rings is 1. The quantitative estimate of drug-likeness (QED) is 0.627. The van der Waals surface area contributed by atoms with Crippen LogP contribution in [0.4, 0.5) is 0 Å². The molecule has 0 saturated carbocycles. The molecule has 0 spiro atoms. The second-order valence-corrected chi connectivity index (χ2v) is 5.12. The van der Waals surface area contributed by atoms with Crippen molar-refractivity contribution in [3.63, 3.8) is 0 Å². The summed E-state index contributed by atoms with van der Waals surface area (Å²) in [5, 5.41) is 1.13. The van der Waals surface area contributed by atoms with Gasteiger partial charge in [-0.3, -0.25) is 9.97 Å². The van der Waals surface area contributed by atoms with E-state index in [1.54, 1.807) is 6.33 Å². The van der Waals surface area contributed by atoms with Gasteiger partial charge >= 0.3 is 0 Å². The predicted octanol–water partition coefficient (Wildman–Crippen LogP) is 3.53. The van der Waals surface area contributed by atoms with Crippen LogP contribution in [0.2, 0.25) is 0 Å². The third kappa shape index (κ3) is 2.15. The van der Waals surface area contributed by atoms with Crippen molar-refractivity contribution in [2.45, 2.75) is 5.92 Å². The summed E-state index contributed by atoms with van der Waals surface area (Å²) in [5.74, 6) is -0.0118. The molecule has 0 aliphatic rings. The van der Waals surface area contributed by atoms with Gasteiger partial charge in [0.25, 0.3) is 0 Å². The van der Waals surface area contributed by atoms with Crippen LogP contribution in [0, 0.1) is 0 Å². The largest absolute Gasteiger partial charge is 0.348 e. The summed E-state index contributed by atoms with van der Waals surface area (Å²) in [6, 6.07) is 16.2.